The number of H-pyrrole nitrogens is 1. The van der Waals surface area contributed by atoms with Crippen LogP contribution in [0.4, 0.5) is 0 Å². The van der Waals surface area contributed by atoms with Crippen molar-refractivity contribution in [2.24, 2.45) is 0 Å². The first-order valence-corrected chi connectivity index (χ1v) is 8.21. The first-order valence-electron chi connectivity index (χ1n) is 8.21. The molecule has 1 fully saturated rings. The summed E-state index contributed by atoms with van der Waals surface area (Å²) in [6, 6.07) is 0. The maximum absolute atomic E-state index is 12.4. The van der Waals surface area contributed by atoms with Crippen molar-refractivity contribution in [2.75, 3.05) is 26.2 Å². The summed E-state index contributed by atoms with van der Waals surface area (Å²) in [5.41, 5.74) is 3.61. The van der Waals surface area contributed by atoms with Crippen LogP contribution in [-0.2, 0) is 17.8 Å². The highest BCUT2D eigenvalue weighted by Crippen LogP contribution is 2.25. The average Bonchev–Trinajstić information content (AvgIpc) is 3.13. The molecule has 0 spiro atoms. The van der Waals surface area contributed by atoms with Gasteiger partial charge in [0.1, 0.15) is 0 Å². The van der Waals surface area contributed by atoms with Crippen molar-refractivity contribution in [3.05, 3.63) is 17.0 Å². The van der Waals surface area contributed by atoms with Crippen molar-refractivity contribution in [2.45, 2.75) is 52.0 Å². The largest absolute Gasteiger partial charge is 0.338 e. The molecule has 2 aliphatic rings. The Kier molecular flexibility index (Phi) is 4.29. The molecule has 0 aliphatic carbocycles. The topological polar surface area (TPSA) is 52.2 Å². The summed E-state index contributed by atoms with van der Waals surface area (Å²) in [5, 5.41) is 7.58. The summed E-state index contributed by atoms with van der Waals surface area (Å²) < 4.78 is 0. The van der Waals surface area contributed by atoms with Gasteiger partial charge in [0.2, 0.25) is 5.91 Å². The lowest BCUT2D eigenvalue weighted by Gasteiger charge is -2.28. The molecule has 0 radical (unpaired) electrons. The molecular formula is C16H26N4O. The molecule has 1 N–H and O–H groups in total. The third-order valence-electron chi connectivity index (χ3n) is 4.71. The number of likely N-dealkylation sites (tertiary alicyclic amines) is 1. The lowest BCUT2D eigenvalue weighted by atomic mass is 9.99. The first-order chi connectivity index (χ1) is 10.1. The highest BCUT2D eigenvalue weighted by atomic mass is 16.2. The van der Waals surface area contributed by atoms with E-state index in [1.807, 2.05) is 4.90 Å². The normalized spacial score (nSPS) is 19.3. The van der Waals surface area contributed by atoms with Crippen LogP contribution in [0.3, 0.4) is 0 Å². The summed E-state index contributed by atoms with van der Waals surface area (Å²) in [6.45, 7) is 9.12. The number of amides is 1. The van der Waals surface area contributed by atoms with E-state index >= 15 is 0 Å². The van der Waals surface area contributed by atoms with Crippen LogP contribution in [0.1, 0.15) is 56.0 Å². The smallest absolute Gasteiger partial charge is 0.224 e. The molecule has 2 aliphatic heterocycles. The van der Waals surface area contributed by atoms with Crippen LogP contribution in [0.2, 0.25) is 0 Å². The molecule has 0 unspecified atom stereocenters. The minimum atomic E-state index is 0.295. The van der Waals surface area contributed by atoms with Crippen molar-refractivity contribution in [3.8, 4) is 0 Å². The molecule has 0 atom stereocenters. The van der Waals surface area contributed by atoms with Crippen molar-refractivity contribution >= 4 is 5.91 Å². The Labute approximate surface area is 126 Å². The molecule has 0 bridgehead atoms. The number of fused-ring (bicyclic) bond motifs is 1. The van der Waals surface area contributed by atoms with Crippen LogP contribution >= 0.6 is 0 Å². The fourth-order valence-electron chi connectivity index (χ4n) is 3.43. The van der Waals surface area contributed by atoms with Crippen molar-refractivity contribution in [1.29, 1.82) is 0 Å². The quantitative estimate of drug-likeness (QED) is 0.921. The summed E-state index contributed by atoms with van der Waals surface area (Å²) in [5.74, 6) is 0.702. The van der Waals surface area contributed by atoms with Gasteiger partial charge in [-0.2, -0.15) is 5.10 Å². The minimum Gasteiger partial charge on any atom is -0.338 e. The van der Waals surface area contributed by atoms with Crippen LogP contribution in [0.5, 0.6) is 0 Å². The molecule has 3 rings (SSSR count). The Bertz CT molecular complexity index is 502. The van der Waals surface area contributed by atoms with E-state index in [9.17, 15) is 4.79 Å². The highest BCUT2D eigenvalue weighted by molar-refractivity contribution is 5.76. The predicted octanol–water partition coefficient (Wildman–Crippen LogP) is 1.90. The van der Waals surface area contributed by atoms with Crippen LogP contribution in [0.15, 0.2) is 0 Å². The van der Waals surface area contributed by atoms with Gasteiger partial charge in [-0.25, -0.2) is 0 Å². The minimum absolute atomic E-state index is 0.295. The number of aromatic nitrogens is 2. The van der Waals surface area contributed by atoms with Gasteiger partial charge in [0.05, 0.1) is 5.69 Å². The summed E-state index contributed by atoms with van der Waals surface area (Å²) >= 11 is 0. The molecular weight excluding hydrogens is 264 g/mol. The zero-order valence-corrected chi connectivity index (χ0v) is 13.2. The van der Waals surface area contributed by atoms with E-state index in [0.717, 1.165) is 44.8 Å². The average molecular weight is 290 g/mol. The summed E-state index contributed by atoms with van der Waals surface area (Å²) in [4.78, 5) is 16.9. The zero-order valence-electron chi connectivity index (χ0n) is 13.2. The maximum Gasteiger partial charge on any atom is 0.224 e. The van der Waals surface area contributed by atoms with E-state index in [1.165, 1.54) is 24.1 Å². The standard InChI is InChI=1S/C16H26N4O/c1-12(2)16-13-11-20(10-5-14(13)17-18-16)15(21)6-9-19-7-3-4-8-19/h12H,3-11H2,1-2H3,(H,17,18). The number of nitrogens with zero attached hydrogens (tertiary/aromatic N) is 3. The van der Waals surface area contributed by atoms with E-state index < -0.39 is 0 Å². The van der Waals surface area contributed by atoms with E-state index in [4.69, 9.17) is 0 Å². The molecule has 1 amide bonds. The molecule has 5 heteroatoms. The number of aromatic amines is 1. The van der Waals surface area contributed by atoms with E-state index in [-0.39, 0.29) is 0 Å². The molecule has 0 saturated carbocycles. The number of hydrogen-bond donors (Lipinski definition) is 1. The molecule has 21 heavy (non-hydrogen) atoms. The van der Waals surface area contributed by atoms with Crippen LogP contribution in [0.25, 0.3) is 0 Å². The molecule has 1 saturated heterocycles. The molecule has 3 heterocycles. The number of carbonyl (C=O) groups is 1. The van der Waals surface area contributed by atoms with Crippen LogP contribution < -0.4 is 0 Å². The van der Waals surface area contributed by atoms with Crippen LogP contribution in [0, 0.1) is 0 Å². The van der Waals surface area contributed by atoms with Crippen molar-refractivity contribution in [3.63, 3.8) is 0 Å². The van der Waals surface area contributed by atoms with Crippen molar-refractivity contribution < 1.29 is 4.79 Å². The van der Waals surface area contributed by atoms with Gasteiger partial charge in [0, 0.05) is 43.7 Å². The SMILES string of the molecule is CC(C)c1n[nH]c2c1CN(C(=O)CCN1CCCC1)CC2. The third kappa shape index (κ3) is 3.12. The molecule has 1 aromatic rings. The number of carbonyl (C=O) groups excluding carboxylic acids is 1. The van der Waals surface area contributed by atoms with Gasteiger partial charge in [-0.3, -0.25) is 9.89 Å². The van der Waals surface area contributed by atoms with E-state index in [0.29, 0.717) is 18.2 Å². The highest BCUT2D eigenvalue weighted by Gasteiger charge is 2.26. The molecule has 1 aromatic heterocycles. The fourth-order valence-corrected chi connectivity index (χ4v) is 3.43. The predicted molar refractivity (Wildman–Crippen MR) is 82.1 cm³/mol. The Morgan fingerprint density at radius 2 is 2.05 bits per heavy atom. The number of hydrogen-bond acceptors (Lipinski definition) is 3. The Morgan fingerprint density at radius 3 is 2.76 bits per heavy atom. The number of nitrogens with one attached hydrogen (secondary N) is 1. The molecule has 5 nitrogen and oxygen atoms in total. The van der Waals surface area contributed by atoms with E-state index in [1.54, 1.807) is 0 Å². The van der Waals surface area contributed by atoms with Gasteiger partial charge >= 0.3 is 0 Å². The van der Waals surface area contributed by atoms with Gasteiger partial charge in [0.25, 0.3) is 0 Å². The number of rotatable bonds is 4. The summed E-state index contributed by atoms with van der Waals surface area (Å²) in [6.07, 6.45) is 4.14. The van der Waals surface area contributed by atoms with Gasteiger partial charge in [-0.15, -0.1) is 0 Å². The van der Waals surface area contributed by atoms with Gasteiger partial charge < -0.3 is 9.80 Å². The van der Waals surface area contributed by atoms with E-state index in [2.05, 4.69) is 28.9 Å². The van der Waals surface area contributed by atoms with Gasteiger partial charge in [-0.05, 0) is 31.8 Å². The second-order valence-electron chi connectivity index (χ2n) is 6.58. The zero-order chi connectivity index (χ0) is 14.8. The summed E-state index contributed by atoms with van der Waals surface area (Å²) in [7, 11) is 0. The molecule has 0 aromatic carbocycles. The Hall–Kier alpha value is -1.36. The maximum atomic E-state index is 12.4. The lowest BCUT2D eigenvalue weighted by Crippen LogP contribution is -2.37. The van der Waals surface area contributed by atoms with Gasteiger partial charge in [-0.1, -0.05) is 13.8 Å². The second-order valence-corrected chi connectivity index (χ2v) is 6.58. The fraction of sp³-hybridized carbons (Fsp3) is 0.750. The van der Waals surface area contributed by atoms with Crippen LogP contribution in [-0.4, -0.2) is 52.1 Å². The van der Waals surface area contributed by atoms with Gasteiger partial charge in [0.15, 0.2) is 0 Å². The molecule has 116 valence electrons. The lowest BCUT2D eigenvalue weighted by molar-refractivity contribution is -0.132. The third-order valence-corrected chi connectivity index (χ3v) is 4.71. The first kappa shape index (κ1) is 14.6. The van der Waals surface area contributed by atoms with Crippen molar-refractivity contribution in [1.82, 2.24) is 20.0 Å². The Balaban J connectivity index is 1.59. The monoisotopic (exact) mass is 290 g/mol. The second kappa shape index (κ2) is 6.18. The Morgan fingerprint density at radius 1 is 1.29 bits per heavy atom.